The summed E-state index contributed by atoms with van der Waals surface area (Å²) < 4.78 is 0. The van der Waals surface area contributed by atoms with E-state index in [2.05, 4.69) is 27.7 Å². The molecule has 4 saturated carbocycles. The van der Waals surface area contributed by atoms with E-state index in [-0.39, 0.29) is 6.10 Å². The van der Waals surface area contributed by atoms with Gasteiger partial charge in [0.1, 0.15) is 0 Å². The molecule has 4 aliphatic rings. The lowest BCUT2D eigenvalue weighted by molar-refractivity contribution is -0.0821. The van der Waals surface area contributed by atoms with Crippen LogP contribution in [0.1, 0.15) is 105 Å². The van der Waals surface area contributed by atoms with Gasteiger partial charge in [-0.3, -0.25) is 0 Å². The molecule has 1 heteroatoms. The van der Waals surface area contributed by atoms with Gasteiger partial charge in [-0.05, 0) is 111 Å². The van der Waals surface area contributed by atoms with Crippen LogP contribution in [0.3, 0.4) is 0 Å². The highest BCUT2D eigenvalue weighted by Crippen LogP contribution is 2.65. The molecule has 0 aromatic carbocycles. The van der Waals surface area contributed by atoms with E-state index >= 15 is 0 Å². The van der Waals surface area contributed by atoms with Gasteiger partial charge in [0.2, 0.25) is 0 Å². The normalized spacial score (nSPS) is 48.0. The Hall–Kier alpha value is -0.0400. The first kappa shape index (κ1) is 20.2. The van der Waals surface area contributed by atoms with Crippen molar-refractivity contribution >= 4 is 0 Å². The predicted molar refractivity (Wildman–Crippen MR) is 114 cm³/mol. The minimum absolute atomic E-state index is 0.0132. The quantitative estimate of drug-likeness (QED) is 0.545. The van der Waals surface area contributed by atoms with Crippen LogP contribution >= 0.6 is 0 Å². The number of fused-ring (bicyclic) bond motifs is 5. The Morgan fingerprint density at radius 1 is 0.852 bits per heavy atom. The van der Waals surface area contributed by atoms with Gasteiger partial charge in [-0.2, -0.15) is 0 Å². The molecule has 0 heterocycles. The highest BCUT2D eigenvalue weighted by atomic mass is 16.3. The van der Waals surface area contributed by atoms with Crippen molar-refractivity contribution in [1.82, 2.24) is 0 Å². The smallest absolute Gasteiger partial charge is 0.0543 e. The first-order valence-electron chi connectivity index (χ1n) is 12.6. The average Bonchev–Trinajstić information content (AvgIpc) is 2.98. The molecule has 4 rings (SSSR count). The zero-order chi connectivity index (χ0) is 19.2. The summed E-state index contributed by atoms with van der Waals surface area (Å²) in [6.45, 7) is 10.0. The molecule has 9 atom stereocenters. The van der Waals surface area contributed by atoms with Gasteiger partial charge in [0.05, 0.1) is 6.10 Å². The Morgan fingerprint density at radius 2 is 1.63 bits per heavy atom. The van der Waals surface area contributed by atoms with E-state index in [1.807, 2.05) is 0 Å². The fourth-order valence-corrected chi connectivity index (χ4v) is 8.85. The van der Waals surface area contributed by atoms with Crippen molar-refractivity contribution in [2.45, 2.75) is 111 Å². The van der Waals surface area contributed by atoms with Gasteiger partial charge >= 0.3 is 0 Å². The van der Waals surface area contributed by atoms with E-state index in [1.54, 1.807) is 0 Å². The minimum Gasteiger partial charge on any atom is -0.393 e. The van der Waals surface area contributed by atoms with Crippen LogP contribution in [0, 0.1) is 52.8 Å². The third-order valence-corrected chi connectivity index (χ3v) is 10.1. The van der Waals surface area contributed by atoms with Crippen molar-refractivity contribution < 1.29 is 5.11 Å². The maximum atomic E-state index is 10.1. The summed E-state index contributed by atoms with van der Waals surface area (Å²) in [6, 6.07) is 0. The summed E-state index contributed by atoms with van der Waals surface area (Å²) in [7, 11) is 0. The van der Waals surface area contributed by atoms with Crippen molar-refractivity contribution in [2.75, 3.05) is 0 Å². The molecule has 0 aliphatic heterocycles. The molecular weight excluding hydrogens is 328 g/mol. The predicted octanol–water partition coefficient (Wildman–Crippen LogP) is 7.08. The molecule has 27 heavy (non-hydrogen) atoms. The molecule has 4 aliphatic carbocycles. The lowest BCUT2D eigenvalue weighted by Crippen LogP contribution is -2.49. The lowest BCUT2D eigenvalue weighted by atomic mass is 9.49. The Kier molecular flexibility index (Phi) is 6.00. The summed E-state index contributed by atoms with van der Waals surface area (Å²) in [5.74, 6) is 7.63. The third kappa shape index (κ3) is 3.76. The topological polar surface area (TPSA) is 20.2 Å². The Labute approximate surface area is 169 Å². The van der Waals surface area contributed by atoms with Gasteiger partial charge in [0.15, 0.2) is 0 Å². The van der Waals surface area contributed by atoms with Crippen LogP contribution in [0.25, 0.3) is 0 Å². The fourth-order valence-electron chi connectivity index (χ4n) is 8.85. The number of rotatable bonds is 5. The van der Waals surface area contributed by atoms with Gasteiger partial charge in [-0.25, -0.2) is 0 Å². The van der Waals surface area contributed by atoms with Gasteiger partial charge in [-0.15, -0.1) is 0 Å². The fraction of sp³-hybridized carbons (Fsp3) is 1.00. The first-order chi connectivity index (χ1) is 12.9. The lowest BCUT2D eigenvalue weighted by Gasteiger charge is -2.56. The SMILES string of the molecule is CC(C)CCC[C@@H](C)[C@H]1CC[C@@H]2[C@@H]3CC[C@H]4C[C@@H](O)CC[C@@H]4[C@@H]3CC[C@@]21C. The van der Waals surface area contributed by atoms with Crippen molar-refractivity contribution in [3.63, 3.8) is 0 Å². The van der Waals surface area contributed by atoms with E-state index < -0.39 is 0 Å². The minimum atomic E-state index is 0.0132. The summed E-state index contributed by atoms with van der Waals surface area (Å²) in [6.07, 6.45) is 16.8. The zero-order valence-electron chi connectivity index (χ0n) is 18.6. The second-order valence-electron chi connectivity index (χ2n) is 11.9. The maximum absolute atomic E-state index is 10.1. The van der Waals surface area contributed by atoms with Crippen molar-refractivity contribution in [1.29, 1.82) is 0 Å². The molecule has 0 aromatic heterocycles. The number of aliphatic hydroxyl groups excluding tert-OH is 1. The van der Waals surface area contributed by atoms with E-state index in [0.29, 0.717) is 5.41 Å². The molecule has 156 valence electrons. The molecule has 0 amide bonds. The number of hydrogen-bond donors (Lipinski definition) is 1. The summed E-state index contributed by atoms with van der Waals surface area (Å²) in [5, 5.41) is 10.1. The molecule has 0 saturated heterocycles. The van der Waals surface area contributed by atoms with Gasteiger partial charge < -0.3 is 5.11 Å². The largest absolute Gasteiger partial charge is 0.393 e. The summed E-state index contributed by atoms with van der Waals surface area (Å²) in [4.78, 5) is 0. The second-order valence-corrected chi connectivity index (χ2v) is 11.9. The van der Waals surface area contributed by atoms with Crippen molar-refractivity contribution in [3.8, 4) is 0 Å². The highest BCUT2D eigenvalue weighted by Gasteiger charge is 2.57. The van der Waals surface area contributed by atoms with Gasteiger partial charge in [-0.1, -0.05) is 47.0 Å². The van der Waals surface area contributed by atoms with Gasteiger partial charge in [0.25, 0.3) is 0 Å². The van der Waals surface area contributed by atoms with E-state index in [0.717, 1.165) is 60.2 Å². The van der Waals surface area contributed by atoms with Crippen LogP contribution in [0.2, 0.25) is 0 Å². The molecule has 4 fully saturated rings. The molecular formula is C26H46O. The number of aliphatic hydroxyl groups is 1. The van der Waals surface area contributed by atoms with Crippen LogP contribution in [-0.4, -0.2) is 11.2 Å². The highest BCUT2D eigenvalue weighted by molar-refractivity contribution is 5.06. The molecule has 0 aromatic rings. The Morgan fingerprint density at radius 3 is 2.41 bits per heavy atom. The van der Waals surface area contributed by atoms with Crippen LogP contribution < -0.4 is 0 Å². The summed E-state index contributed by atoms with van der Waals surface area (Å²) >= 11 is 0. The zero-order valence-corrected chi connectivity index (χ0v) is 18.6. The van der Waals surface area contributed by atoms with Crippen LogP contribution in [-0.2, 0) is 0 Å². The molecule has 0 bridgehead atoms. The molecule has 0 radical (unpaired) electrons. The average molecular weight is 375 g/mol. The van der Waals surface area contributed by atoms with Crippen molar-refractivity contribution in [3.05, 3.63) is 0 Å². The van der Waals surface area contributed by atoms with E-state index in [4.69, 9.17) is 0 Å². The summed E-state index contributed by atoms with van der Waals surface area (Å²) in [5.41, 5.74) is 0.638. The Bertz CT molecular complexity index is 498. The molecule has 0 spiro atoms. The second kappa shape index (κ2) is 8.00. The molecule has 1 N–H and O–H groups in total. The molecule has 1 nitrogen and oxygen atoms in total. The monoisotopic (exact) mass is 374 g/mol. The van der Waals surface area contributed by atoms with Gasteiger partial charge in [0, 0.05) is 0 Å². The van der Waals surface area contributed by atoms with Crippen molar-refractivity contribution in [2.24, 2.45) is 52.8 Å². The third-order valence-electron chi connectivity index (χ3n) is 10.1. The number of hydrogen-bond acceptors (Lipinski definition) is 1. The maximum Gasteiger partial charge on any atom is 0.0543 e. The van der Waals surface area contributed by atoms with Crippen LogP contribution in [0.5, 0.6) is 0 Å². The van der Waals surface area contributed by atoms with E-state index in [9.17, 15) is 5.11 Å². The van der Waals surface area contributed by atoms with Crippen LogP contribution in [0.15, 0.2) is 0 Å². The molecule has 0 unspecified atom stereocenters. The Balaban J connectivity index is 1.42. The first-order valence-corrected chi connectivity index (χ1v) is 12.6. The standard InChI is InChI=1S/C26H46O/c1-17(2)6-5-7-18(3)24-12-13-25-23-10-8-19-16-20(27)9-11-21(19)22(23)14-15-26(24,25)4/h17-25,27H,5-16H2,1-4H3/t18-,19+,20+,21+,22+,23-,24-,25-,26-/m1/s1. The van der Waals surface area contributed by atoms with E-state index in [1.165, 1.54) is 64.2 Å². The van der Waals surface area contributed by atoms with Crippen LogP contribution in [0.4, 0.5) is 0 Å².